The summed E-state index contributed by atoms with van der Waals surface area (Å²) in [6.45, 7) is 8.50. The molecule has 96 valence electrons. The van der Waals surface area contributed by atoms with E-state index in [1.165, 1.54) is 11.1 Å². The molecule has 3 heteroatoms. The van der Waals surface area contributed by atoms with Crippen molar-refractivity contribution in [2.75, 3.05) is 5.73 Å². The first-order chi connectivity index (χ1) is 8.52. The van der Waals surface area contributed by atoms with Crippen LogP contribution in [0.3, 0.4) is 0 Å². The van der Waals surface area contributed by atoms with Gasteiger partial charge in [0.15, 0.2) is 0 Å². The summed E-state index contributed by atoms with van der Waals surface area (Å²) < 4.78 is 1.96. The molecule has 0 aliphatic rings. The highest BCUT2D eigenvalue weighted by Gasteiger charge is 2.13. The Kier molecular flexibility index (Phi) is 3.41. The lowest BCUT2D eigenvalue weighted by Crippen LogP contribution is -2.04. The van der Waals surface area contributed by atoms with Gasteiger partial charge in [-0.15, -0.1) is 0 Å². The van der Waals surface area contributed by atoms with Gasteiger partial charge in [-0.1, -0.05) is 30.7 Å². The lowest BCUT2D eigenvalue weighted by atomic mass is 10.0. The number of hydrogen-bond donors (Lipinski definition) is 1. The quantitative estimate of drug-likeness (QED) is 0.892. The molecule has 1 aromatic carbocycles. The molecular weight excluding hydrogens is 222 g/mol. The van der Waals surface area contributed by atoms with E-state index in [4.69, 9.17) is 5.73 Å². The van der Waals surface area contributed by atoms with E-state index in [1.807, 2.05) is 10.9 Å². The molecule has 1 unspecified atom stereocenters. The van der Waals surface area contributed by atoms with Crippen LogP contribution in [-0.2, 0) is 0 Å². The largest absolute Gasteiger partial charge is 0.396 e. The van der Waals surface area contributed by atoms with Crippen molar-refractivity contribution < 1.29 is 0 Å². The molecule has 0 saturated heterocycles. The first-order valence-corrected chi connectivity index (χ1v) is 6.45. The van der Waals surface area contributed by atoms with E-state index in [0.717, 1.165) is 23.4 Å². The molecule has 1 atom stereocenters. The summed E-state index contributed by atoms with van der Waals surface area (Å²) in [7, 11) is 0. The lowest BCUT2D eigenvalue weighted by Gasteiger charge is -2.08. The van der Waals surface area contributed by atoms with Gasteiger partial charge in [-0.2, -0.15) is 5.10 Å². The summed E-state index contributed by atoms with van der Waals surface area (Å²) in [4.78, 5) is 0. The third kappa shape index (κ3) is 2.26. The number of anilines is 1. The number of benzene rings is 1. The van der Waals surface area contributed by atoms with Crippen LogP contribution in [-0.4, -0.2) is 9.78 Å². The number of rotatable bonds is 3. The molecule has 1 aromatic heterocycles. The topological polar surface area (TPSA) is 43.8 Å². The highest BCUT2D eigenvalue weighted by molar-refractivity contribution is 5.74. The molecule has 0 aliphatic carbocycles. The molecule has 3 nitrogen and oxygen atoms in total. The molecule has 2 rings (SSSR count). The van der Waals surface area contributed by atoms with E-state index in [-0.39, 0.29) is 0 Å². The molecule has 2 N–H and O–H groups in total. The maximum Gasteiger partial charge on any atom is 0.115 e. The van der Waals surface area contributed by atoms with Crippen LogP contribution in [0.5, 0.6) is 0 Å². The van der Waals surface area contributed by atoms with Gasteiger partial charge in [0.1, 0.15) is 5.69 Å². The molecule has 18 heavy (non-hydrogen) atoms. The summed E-state index contributed by atoms with van der Waals surface area (Å²) in [6, 6.07) is 6.75. The van der Waals surface area contributed by atoms with Gasteiger partial charge in [-0.3, -0.25) is 4.68 Å². The second-order valence-corrected chi connectivity index (χ2v) is 4.99. The van der Waals surface area contributed by atoms with Crippen LogP contribution in [0.15, 0.2) is 24.4 Å². The maximum atomic E-state index is 6.09. The number of aryl methyl sites for hydroxylation is 2. The highest BCUT2D eigenvalue weighted by atomic mass is 15.3. The van der Waals surface area contributed by atoms with E-state index >= 15 is 0 Å². The minimum absolute atomic E-state index is 0.381. The van der Waals surface area contributed by atoms with Crippen molar-refractivity contribution in [1.82, 2.24) is 9.78 Å². The summed E-state index contributed by atoms with van der Waals surface area (Å²) in [5, 5.41) is 4.63. The number of aromatic nitrogens is 2. The van der Waals surface area contributed by atoms with Crippen LogP contribution in [0.2, 0.25) is 0 Å². The minimum Gasteiger partial charge on any atom is -0.396 e. The van der Waals surface area contributed by atoms with Gasteiger partial charge in [0.05, 0.1) is 5.69 Å². The average molecular weight is 243 g/mol. The Labute approximate surface area is 109 Å². The van der Waals surface area contributed by atoms with Crippen LogP contribution >= 0.6 is 0 Å². The SMILES string of the molecule is CCC(C)n1cc(N)c(-c2ccc(C)cc2C)n1. The van der Waals surface area contributed by atoms with Crippen LogP contribution in [0.25, 0.3) is 11.3 Å². The first-order valence-electron chi connectivity index (χ1n) is 6.45. The van der Waals surface area contributed by atoms with E-state index in [9.17, 15) is 0 Å². The molecule has 0 fully saturated rings. The molecule has 0 saturated carbocycles. The molecule has 0 amide bonds. The minimum atomic E-state index is 0.381. The van der Waals surface area contributed by atoms with Crippen LogP contribution in [0.4, 0.5) is 5.69 Å². The van der Waals surface area contributed by atoms with Gasteiger partial charge < -0.3 is 5.73 Å². The van der Waals surface area contributed by atoms with Crippen LogP contribution < -0.4 is 5.73 Å². The molecule has 0 aliphatic heterocycles. The number of nitrogens with two attached hydrogens (primary N) is 1. The number of nitrogen functional groups attached to an aromatic ring is 1. The summed E-state index contributed by atoms with van der Waals surface area (Å²) in [5.74, 6) is 0. The standard InChI is InChI=1S/C15H21N3/c1-5-12(4)18-9-14(16)15(17-18)13-7-6-10(2)8-11(13)3/h6-9,12H,5,16H2,1-4H3. The Morgan fingerprint density at radius 3 is 2.67 bits per heavy atom. The fraction of sp³-hybridized carbons (Fsp3) is 0.400. The second-order valence-electron chi connectivity index (χ2n) is 4.99. The lowest BCUT2D eigenvalue weighted by molar-refractivity contribution is 0.479. The summed E-state index contributed by atoms with van der Waals surface area (Å²) >= 11 is 0. The molecule has 0 radical (unpaired) electrons. The molecule has 0 spiro atoms. The second kappa shape index (κ2) is 4.84. The van der Waals surface area contributed by atoms with Gasteiger partial charge in [0, 0.05) is 17.8 Å². The molecular formula is C15H21N3. The van der Waals surface area contributed by atoms with Gasteiger partial charge >= 0.3 is 0 Å². The van der Waals surface area contributed by atoms with Gasteiger partial charge in [-0.05, 0) is 32.8 Å². The Bertz CT molecular complexity index is 555. The molecule has 2 aromatic rings. The number of hydrogen-bond acceptors (Lipinski definition) is 2. The summed E-state index contributed by atoms with van der Waals surface area (Å²) in [5.41, 5.74) is 11.3. The normalized spacial score (nSPS) is 12.7. The van der Waals surface area contributed by atoms with Gasteiger partial charge in [0.2, 0.25) is 0 Å². The predicted molar refractivity (Wildman–Crippen MR) is 76.6 cm³/mol. The Hall–Kier alpha value is -1.77. The van der Waals surface area contributed by atoms with Gasteiger partial charge in [0.25, 0.3) is 0 Å². The first kappa shape index (κ1) is 12.7. The molecule has 0 bridgehead atoms. The van der Waals surface area contributed by atoms with Crippen molar-refractivity contribution in [1.29, 1.82) is 0 Å². The zero-order chi connectivity index (χ0) is 13.3. The molecule has 1 heterocycles. The van der Waals surface area contributed by atoms with Crippen molar-refractivity contribution in [3.8, 4) is 11.3 Å². The van der Waals surface area contributed by atoms with E-state index < -0.39 is 0 Å². The maximum absolute atomic E-state index is 6.09. The van der Waals surface area contributed by atoms with Crippen LogP contribution in [0.1, 0.15) is 37.4 Å². The van der Waals surface area contributed by atoms with Crippen molar-refractivity contribution in [3.05, 3.63) is 35.5 Å². The zero-order valence-corrected chi connectivity index (χ0v) is 11.6. The highest BCUT2D eigenvalue weighted by Crippen LogP contribution is 2.29. The zero-order valence-electron chi connectivity index (χ0n) is 11.6. The Morgan fingerprint density at radius 1 is 1.33 bits per heavy atom. The van der Waals surface area contributed by atoms with Crippen molar-refractivity contribution in [3.63, 3.8) is 0 Å². The fourth-order valence-electron chi connectivity index (χ4n) is 2.11. The number of nitrogens with zero attached hydrogens (tertiary/aromatic N) is 2. The smallest absolute Gasteiger partial charge is 0.115 e. The Morgan fingerprint density at radius 2 is 2.06 bits per heavy atom. The average Bonchev–Trinajstić information content (AvgIpc) is 2.70. The third-order valence-corrected chi connectivity index (χ3v) is 3.44. The van der Waals surface area contributed by atoms with E-state index in [2.05, 4.69) is 51.0 Å². The third-order valence-electron chi connectivity index (χ3n) is 3.44. The van der Waals surface area contributed by atoms with Crippen molar-refractivity contribution in [2.24, 2.45) is 0 Å². The van der Waals surface area contributed by atoms with Crippen LogP contribution in [0, 0.1) is 13.8 Å². The van der Waals surface area contributed by atoms with E-state index in [1.54, 1.807) is 0 Å². The predicted octanol–water partition coefficient (Wildman–Crippen LogP) is 3.72. The van der Waals surface area contributed by atoms with Crippen molar-refractivity contribution in [2.45, 2.75) is 40.2 Å². The van der Waals surface area contributed by atoms with Gasteiger partial charge in [-0.25, -0.2) is 0 Å². The Balaban J connectivity index is 2.47. The van der Waals surface area contributed by atoms with E-state index in [0.29, 0.717) is 6.04 Å². The monoisotopic (exact) mass is 243 g/mol. The van der Waals surface area contributed by atoms with Crippen molar-refractivity contribution >= 4 is 5.69 Å². The fourth-order valence-corrected chi connectivity index (χ4v) is 2.11. The summed E-state index contributed by atoms with van der Waals surface area (Å²) in [6.07, 6.45) is 2.98.